The molecule has 0 spiro atoms. The molecule has 0 saturated heterocycles. The molecule has 0 fully saturated rings. The SMILES string of the molecule is CCOC(=O)c1ccc(-c2nn(-c3ccccc3)c3nc(-c4ccccc4)cc(=O)n23)nc1C. The van der Waals surface area contributed by atoms with E-state index in [9.17, 15) is 9.59 Å². The Balaban J connectivity index is 1.74. The number of aryl methyl sites for hydroxylation is 1. The molecule has 0 radical (unpaired) electrons. The number of para-hydroxylation sites is 1. The van der Waals surface area contributed by atoms with Crippen LogP contribution in [-0.2, 0) is 4.74 Å². The van der Waals surface area contributed by atoms with Crippen LogP contribution in [0.15, 0.2) is 83.7 Å². The second-order valence-corrected chi connectivity index (χ2v) is 7.60. The molecule has 0 unspecified atom stereocenters. The van der Waals surface area contributed by atoms with Gasteiger partial charge in [-0.3, -0.25) is 4.79 Å². The largest absolute Gasteiger partial charge is 0.462 e. The summed E-state index contributed by atoms with van der Waals surface area (Å²) in [7, 11) is 0. The lowest BCUT2D eigenvalue weighted by molar-refractivity contribution is 0.0525. The summed E-state index contributed by atoms with van der Waals surface area (Å²) < 4.78 is 8.16. The van der Waals surface area contributed by atoms with E-state index in [4.69, 9.17) is 14.8 Å². The molecular formula is C26H21N5O3. The van der Waals surface area contributed by atoms with Gasteiger partial charge in [-0.1, -0.05) is 48.5 Å². The summed E-state index contributed by atoms with van der Waals surface area (Å²) in [5.74, 6) is 0.251. The molecule has 3 aromatic heterocycles. The van der Waals surface area contributed by atoms with Crippen molar-refractivity contribution < 1.29 is 9.53 Å². The summed E-state index contributed by atoms with van der Waals surface area (Å²) in [6, 6.07) is 23.8. The number of hydrogen-bond donors (Lipinski definition) is 0. The van der Waals surface area contributed by atoms with E-state index in [1.54, 1.807) is 30.7 Å². The first-order valence-electron chi connectivity index (χ1n) is 10.9. The predicted molar refractivity (Wildman–Crippen MR) is 128 cm³/mol. The van der Waals surface area contributed by atoms with E-state index in [1.807, 2.05) is 60.7 Å². The molecule has 0 aliphatic carbocycles. The molecule has 3 heterocycles. The zero-order valence-electron chi connectivity index (χ0n) is 18.7. The molecule has 0 amide bonds. The van der Waals surface area contributed by atoms with Crippen LogP contribution in [0.5, 0.6) is 0 Å². The third-order valence-electron chi connectivity index (χ3n) is 5.38. The number of rotatable bonds is 5. The van der Waals surface area contributed by atoms with Crippen molar-refractivity contribution in [3.05, 3.63) is 100 Å². The van der Waals surface area contributed by atoms with Gasteiger partial charge in [-0.2, -0.15) is 4.68 Å². The van der Waals surface area contributed by atoms with Crippen LogP contribution in [0.25, 0.3) is 34.2 Å². The van der Waals surface area contributed by atoms with E-state index in [0.717, 1.165) is 11.3 Å². The first-order chi connectivity index (χ1) is 16.6. The molecule has 0 bridgehead atoms. The Bertz CT molecular complexity index is 1560. The predicted octanol–water partition coefficient (Wildman–Crippen LogP) is 4.09. The zero-order chi connectivity index (χ0) is 23.7. The van der Waals surface area contributed by atoms with Gasteiger partial charge in [0.2, 0.25) is 5.78 Å². The van der Waals surface area contributed by atoms with Gasteiger partial charge >= 0.3 is 5.97 Å². The molecule has 168 valence electrons. The number of esters is 1. The minimum atomic E-state index is -0.440. The lowest BCUT2D eigenvalue weighted by Crippen LogP contribution is -2.16. The lowest BCUT2D eigenvalue weighted by atomic mass is 10.1. The van der Waals surface area contributed by atoms with Crippen molar-refractivity contribution in [1.29, 1.82) is 0 Å². The molecule has 2 aromatic carbocycles. The first-order valence-corrected chi connectivity index (χ1v) is 10.9. The number of fused-ring (bicyclic) bond motifs is 1. The van der Waals surface area contributed by atoms with Gasteiger partial charge in [-0.15, -0.1) is 5.10 Å². The molecule has 0 N–H and O–H groups in total. The highest BCUT2D eigenvalue weighted by molar-refractivity contribution is 5.90. The van der Waals surface area contributed by atoms with Gasteiger partial charge in [0, 0.05) is 11.6 Å². The number of aromatic nitrogens is 5. The highest BCUT2D eigenvalue weighted by Gasteiger charge is 2.20. The van der Waals surface area contributed by atoms with Gasteiger partial charge in [-0.05, 0) is 38.1 Å². The molecule has 5 aromatic rings. The van der Waals surface area contributed by atoms with Crippen molar-refractivity contribution in [3.8, 4) is 28.5 Å². The van der Waals surface area contributed by atoms with Crippen LogP contribution in [0.4, 0.5) is 0 Å². The van der Waals surface area contributed by atoms with Crippen LogP contribution in [-0.4, -0.2) is 36.7 Å². The molecule has 0 aliphatic rings. The van der Waals surface area contributed by atoms with Gasteiger partial charge < -0.3 is 4.74 Å². The van der Waals surface area contributed by atoms with E-state index in [-0.39, 0.29) is 12.2 Å². The molecule has 0 aliphatic heterocycles. The maximum absolute atomic E-state index is 13.3. The molecule has 5 rings (SSSR count). The first kappa shape index (κ1) is 21.3. The van der Waals surface area contributed by atoms with Crippen LogP contribution in [0.1, 0.15) is 23.0 Å². The second kappa shape index (κ2) is 8.74. The van der Waals surface area contributed by atoms with Crippen LogP contribution in [0.3, 0.4) is 0 Å². The number of carbonyl (C=O) groups excluding carboxylic acids is 1. The fraction of sp³-hybridized carbons (Fsp3) is 0.115. The zero-order valence-corrected chi connectivity index (χ0v) is 18.7. The molecular weight excluding hydrogens is 430 g/mol. The minimum absolute atomic E-state index is 0.275. The Morgan fingerprint density at radius 2 is 1.62 bits per heavy atom. The van der Waals surface area contributed by atoms with Gasteiger partial charge in [0.05, 0.1) is 29.2 Å². The maximum atomic E-state index is 13.3. The summed E-state index contributed by atoms with van der Waals surface area (Å²) >= 11 is 0. The van der Waals surface area contributed by atoms with E-state index < -0.39 is 5.97 Å². The Morgan fingerprint density at radius 3 is 2.29 bits per heavy atom. The van der Waals surface area contributed by atoms with E-state index in [2.05, 4.69) is 4.98 Å². The highest BCUT2D eigenvalue weighted by atomic mass is 16.5. The van der Waals surface area contributed by atoms with Gasteiger partial charge in [-0.25, -0.2) is 19.2 Å². The summed E-state index contributed by atoms with van der Waals surface area (Å²) in [4.78, 5) is 34.9. The minimum Gasteiger partial charge on any atom is -0.462 e. The van der Waals surface area contributed by atoms with Crippen LogP contribution in [0, 0.1) is 6.92 Å². The van der Waals surface area contributed by atoms with Crippen LogP contribution >= 0.6 is 0 Å². The fourth-order valence-corrected chi connectivity index (χ4v) is 3.77. The standard InChI is InChI=1S/C26H21N5O3/c1-3-34-25(33)20-14-15-21(27-17(20)2)24-29-31(19-12-8-5-9-13-19)26-28-22(16-23(32)30(24)26)18-10-6-4-7-11-18/h4-16H,3H2,1-2H3. The Morgan fingerprint density at radius 1 is 0.912 bits per heavy atom. The number of ether oxygens (including phenoxy) is 1. The van der Waals surface area contributed by atoms with Gasteiger partial charge in [0.15, 0.2) is 5.82 Å². The van der Waals surface area contributed by atoms with Crippen LogP contribution in [0.2, 0.25) is 0 Å². The summed E-state index contributed by atoms with van der Waals surface area (Å²) in [5.41, 5.74) is 3.16. The number of hydrogen-bond acceptors (Lipinski definition) is 6. The Hall–Kier alpha value is -4.59. The monoisotopic (exact) mass is 451 g/mol. The van der Waals surface area contributed by atoms with E-state index in [1.165, 1.54) is 10.5 Å². The highest BCUT2D eigenvalue weighted by Crippen LogP contribution is 2.23. The van der Waals surface area contributed by atoms with Crippen molar-refractivity contribution in [2.75, 3.05) is 6.61 Å². The third kappa shape index (κ3) is 3.75. The maximum Gasteiger partial charge on any atom is 0.339 e. The molecule has 8 heteroatoms. The van der Waals surface area contributed by atoms with Crippen LogP contribution < -0.4 is 5.56 Å². The molecule has 8 nitrogen and oxygen atoms in total. The van der Waals surface area contributed by atoms with Gasteiger partial charge in [0.1, 0.15) is 5.69 Å². The van der Waals surface area contributed by atoms with E-state index >= 15 is 0 Å². The quantitative estimate of drug-likeness (QED) is 0.374. The van der Waals surface area contributed by atoms with Crippen molar-refractivity contribution in [2.45, 2.75) is 13.8 Å². The normalized spacial score (nSPS) is 11.0. The van der Waals surface area contributed by atoms with Crippen molar-refractivity contribution in [3.63, 3.8) is 0 Å². The van der Waals surface area contributed by atoms with Crippen molar-refractivity contribution >= 4 is 11.7 Å². The number of benzene rings is 2. The van der Waals surface area contributed by atoms with Gasteiger partial charge in [0.25, 0.3) is 5.56 Å². The Labute approximate surface area is 195 Å². The van der Waals surface area contributed by atoms with E-state index in [0.29, 0.717) is 34.2 Å². The fourth-order valence-electron chi connectivity index (χ4n) is 3.77. The third-order valence-corrected chi connectivity index (χ3v) is 5.38. The average Bonchev–Trinajstić information content (AvgIpc) is 3.25. The average molecular weight is 451 g/mol. The second-order valence-electron chi connectivity index (χ2n) is 7.60. The van der Waals surface area contributed by atoms with Crippen molar-refractivity contribution in [1.82, 2.24) is 24.1 Å². The summed E-state index contributed by atoms with van der Waals surface area (Å²) in [6.45, 7) is 3.75. The topological polar surface area (TPSA) is 91.4 Å². The number of nitrogens with zero attached hydrogens (tertiary/aromatic N) is 5. The molecule has 34 heavy (non-hydrogen) atoms. The molecule has 0 saturated carbocycles. The Kier molecular flexibility index (Phi) is 5.47. The smallest absolute Gasteiger partial charge is 0.339 e. The summed E-state index contributed by atoms with van der Waals surface area (Å²) in [5, 5.41) is 4.72. The number of pyridine rings is 1. The summed E-state index contributed by atoms with van der Waals surface area (Å²) in [6.07, 6.45) is 0. The lowest BCUT2D eigenvalue weighted by Gasteiger charge is -2.06. The molecule has 0 atom stereocenters. The van der Waals surface area contributed by atoms with Crippen molar-refractivity contribution in [2.24, 2.45) is 0 Å². The number of carbonyl (C=O) groups is 1.